The summed E-state index contributed by atoms with van der Waals surface area (Å²) in [6.45, 7) is 2.66. The van der Waals surface area contributed by atoms with Gasteiger partial charge >= 0.3 is 0 Å². The number of carbonyl (C=O) groups excluding carboxylic acids is 1. The largest absolute Gasteiger partial charge is 0.307 e. The Bertz CT molecular complexity index is 1480. The quantitative estimate of drug-likeness (QED) is 0.510. The second kappa shape index (κ2) is 9.04. The minimum absolute atomic E-state index is 0.0580. The summed E-state index contributed by atoms with van der Waals surface area (Å²) in [7, 11) is -7.12. The molecule has 2 aromatic rings. The Morgan fingerprint density at radius 2 is 1.74 bits per heavy atom. The maximum absolute atomic E-state index is 13.8. The van der Waals surface area contributed by atoms with Gasteiger partial charge in [-0.25, -0.2) is 21.6 Å². The van der Waals surface area contributed by atoms with Crippen LogP contribution < -0.4 is 14.3 Å². The Labute approximate surface area is 229 Å². The van der Waals surface area contributed by atoms with Gasteiger partial charge in [0.15, 0.2) is 0 Å². The third kappa shape index (κ3) is 4.91. The van der Waals surface area contributed by atoms with Crippen LogP contribution in [0.4, 0.5) is 11.4 Å². The number of benzene rings is 1. The first-order valence-corrected chi connectivity index (χ1v) is 17.7. The van der Waals surface area contributed by atoms with E-state index in [4.69, 9.17) is 0 Å². The molecule has 2 unspecified atom stereocenters. The molecule has 11 heteroatoms. The van der Waals surface area contributed by atoms with Gasteiger partial charge < -0.3 is 4.90 Å². The number of nitrogens with zero attached hydrogens (tertiary/aromatic N) is 1. The molecule has 2 spiro atoms. The van der Waals surface area contributed by atoms with Crippen molar-refractivity contribution in [3.63, 3.8) is 0 Å². The van der Waals surface area contributed by atoms with Gasteiger partial charge in [0, 0.05) is 34.8 Å². The number of hydrogen-bond acceptors (Lipinski definition) is 6. The number of thiophene rings is 1. The van der Waals surface area contributed by atoms with Gasteiger partial charge in [0.25, 0.3) is 5.91 Å². The molecule has 1 amide bonds. The van der Waals surface area contributed by atoms with Crippen LogP contribution >= 0.6 is 11.3 Å². The van der Waals surface area contributed by atoms with Crippen LogP contribution in [0, 0.1) is 11.3 Å². The van der Waals surface area contributed by atoms with E-state index >= 15 is 0 Å². The van der Waals surface area contributed by atoms with E-state index in [9.17, 15) is 21.6 Å². The highest BCUT2D eigenvalue weighted by molar-refractivity contribution is 7.92. The Morgan fingerprint density at radius 1 is 1.03 bits per heavy atom. The molecule has 38 heavy (non-hydrogen) atoms. The lowest BCUT2D eigenvalue weighted by Gasteiger charge is -2.38. The van der Waals surface area contributed by atoms with Gasteiger partial charge in [-0.2, -0.15) is 0 Å². The molecular weight excluding hydrogens is 543 g/mol. The molecule has 3 aliphatic carbocycles. The number of anilines is 2. The van der Waals surface area contributed by atoms with Crippen LogP contribution in [0.1, 0.15) is 80.6 Å². The van der Waals surface area contributed by atoms with Crippen molar-refractivity contribution in [2.75, 3.05) is 22.4 Å². The molecule has 4 aliphatic rings. The first-order chi connectivity index (χ1) is 17.9. The first kappa shape index (κ1) is 26.3. The molecule has 2 N–H and O–H groups in total. The highest BCUT2D eigenvalue weighted by atomic mass is 32.2. The number of fused-ring (bicyclic) bond motifs is 2. The van der Waals surface area contributed by atoms with Gasteiger partial charge in [0.1, 0.15) is 4.21 Å². The van der Waals surface area contributed by atoms with E-state index < -0.39 is 20.0 Å². The van der Waals surface area contributed by atoms with Crippen LogP contribution in [0.15, 0.2) is 33.9 Å². The lowest BCUT2D eigenvalue weighted by Crippen LogP contribution is -2.39. The molecule has 1 aromatic heterocycles. The molecule has 1 aliphatic heterocycles. The molecule has 0 saturated heterocycles. The van der Waals surface area contributed by atoms with Gasteiger partial charge in [-0.05, 0) is 98.9 Å². The van der Waals surface area contributed by atoms with Gasteiger partial charge in [0.2, 0.25) is 20.0 Å². The van der Waals surface area contributed by atoms with Crippen LogP contribution in [0.25, 0.3) is 0 Å². The number of nitrogens with one attached hydrogen (secondary N) is 2. The molecule has 0 radical (unpaired) electrons. The van der Waals surface area contributed by atoms with Crippen LogP contribution in [0.2, 0.25) is 0 Å². The van der Waals surface area contributed by atoms with E-state index in [1.54, 1.807) is 16.3 Å². The molecule has 1 aromatic carbocycles. The number of rotatable bonds is 6. The Kier molecular flexibility index (Phi) is 6.25. The molecule has 206 valence electrons. The van der Waals surface area contributed by atoms with E-state index in [0.29, 0.717) is 29.1 Å². The van der Waals surface area contributed by atoms with Crippen molar-refractivity contribution in [2.24, 2.45) is 11.3 Å². The van der Waals surface area contributed by atoms with Crippen molar-refractivity contribution < 1.29 is 21.6 Å². The number of hydrogen-bond donors (Lipinski definition) is 2. The fourth-order valence-electron chi connectivity index (χ4n) is 6.81. The monoisotopic (exact) mass is 577 g/mol. The lowest BCUT2D eigenvalue weighted by molar-refractivity contribution is 0.0980. The molecular formula is C27H35N3O5S3. The molecule has 0 bridgehead atoms. The minimum atomic E-state index is -3.69. The fourth-order valence-corrected chi connectivity index (χ4v) is 9.82. The zero-order valence-electron chi connectivity index (χ0n) is 21.8. The maximum atomic E-state index is 13.8. The third-order valence-corrected chi connectivity index (χ3v) is 12.8. The van der Waals surface area contributed by atoms with Gasteiger partial charge in [-0.3, -0.25) is 9.52 Å². The Balaban J connectivity index is 1.28. The van der Waals surface area contributed by atoms with Crippen LogP contribution in [0.5, 0.6) is 0 Å². The highest BCUT2D eigenvalue weighted by Crippen LogP contribution is 2.62. The van der Waals surface area contributed by atoms with Gasteiger partial charge in [-0.15, -0.1) is 11.3 Å². The van der Waals surface area contributed by atoms with Crippen LogP contribution in [-0.2, 0) is 25.5 Å². The normalized spacial score (nSPS) is 25.6. The summed E-state index contributed by atoms with van der Waals surface area (Å²) in [5.74, 6) is 0.291. The van der Waals surface area contributed by atoms with E-state index in [1.165, 1.54) is 18.9 Å². The van der Waals surface area contributed by atoms with Crippen LogP contribution in [0.3, 0.4) is 0 Å². The molecule has 3 fully saturated rings. The smallest absolute Gasteiger partial charge is 0.259 e. The minimum Gasteiger partial charge on any atom is -0.307 e. The molecule has 2 atom stereocenters. The third-order valence-electron chi connectivity index (χ3n) is 9.20. The Morgan fingerprint density at radius 3 is 2.37 bits per heavy atom. The number of carbonyl (C=O) groups is 1. The van der Waals surface area contributed by atoms with Crippen LogP contribution in [-0.4, -0.2) is 41.6 Å². The molecule has 8 nitrogen and oxygen atoms in total. The Hall–Kier alpha value is -1.95. The van der Waals surface area contributed by atoms with Crippen molar-refractivity contribution in [1.29, 1.82) is 0 Å². The summed E-state index contributed by atoms with van der Waals surface area (Å²) in [6.07, 6.45) is 10.5. The van der Waals surface area contributed by atoms with Crippen molar-refractivity contribution in [2.45, 2.75) is 80.4 Å². The van der Waals surface area contributed by atoms with Crippen molar-refractivity contribution in [3.8, 4) is 0 Å². The molecule has 3 saturated carbocycles. The second-order valence-electron chi connectivity index (χ2n) is 12.2. The summed E-state index contributed by atoms with van der Waals surface area (Å²) < 4.78 is 55.4. The summed E-state index contributed by atoms with van der Waals surface area (Å²) in [4.78, 5) is 15.6. The van der Waals surface area contributed by atoms with Gasteiger partial charge in [0.05, 0.1) is 11.8 Å². The zero-order valence-corrected chi connectivity index (χ0v) is 24.3. The van der Waals surface area contributed by atoms with Gasteiger partial charge in [-0.1, -0.05) is 6.92 Å². The fraction of sp³-hybridized carbons (Fsp3) is 0.593. The average Bonchev–Trinajstić information content (AvgIpc) is 3.17. The van der Waals surface area contributed by atoms with E-state index in [1.807, 2.05) is 12.1 Å². The molecule has 6 rings (SSSR count). The van der Waals surface area contributed by atoms with Crippen molar-refractivity contribution >= 4 is 48.7 Å². The molecule has 2 heterocycles. The SMILES string of the molecule is CC1CCC(NS(=O)(=O)c2cc(C(=O)N3CC4(CCC5(CC5)CC4)c4cc(NS(C)(=O)=O)ccc43)cs2)C1. The topological polar surface area (TPSA) is 113 Å². The average molecular weight is 578 g/mol. The standard InChI is InChI=1S/C27H35N3O5S3/c1-18-3-4-20(13-18)29-38(34,35)24-14-19(16-36-24)25(31)30-17-27(11-9-26(7-8-26)10-12-27)22-15-21(5-6-23(22)30)28-37(2,32)33/h5-6,14-16,18,20,28-29H,3-4,7-13,17H2,1-2H3. The maximum Gasteiger partial charge on any atom is 0.259 e. The predicted molar refractivity (Wildman–Crippen MR) is 150 cm³/mol. The second-order valence-corrected chi connectivity index (χ2v) is 16.8. The predicted octanol–water partition coefficient (Wildman–Crippen LogP) is 4.84. The van der Waals surface area contributed by atoms with E-state index in [0.717, 1.165) is 73.8 Å². The zero-order chi connectivity index (χ0) is 26.9. The highest BCUT2D eigenvalue weighted by Gasteiger charge is 2.53. The number of sulfonamides is 2. The van der Waals surface area contributed by atoms with E-state index in [-0.39, 0.29) is 21.6 Å². The number of amides is 1. The van der Waals surface area contributed by atoms with E-state index in [2.05, 4.69) is 16.4 Å². The first-order valence-electron chi connectivity index (χ1n) is 13.4. The summed E-state index contributed by atoms with van der Waals surface area (Å²) in [5, 5.41) is 1.64. The lowest BCUT2D eigenvalue weighted by atomic mass is 9.66. The van der Waals surface area contributed by atoms with Crippen molar-refractivity contribution in [3.05, 3.63) is 40.8 Å². The summed E-state index contributed by atoms with van der Waals surface area (Å²) in [5.41, 5.74) is 2.91. The summed E-state index contributed by atoms with van der Waals surface area (Å²) in [6, 6.07) is 6.85. The summed E-state index contributed by atoms with van der Waals surface area (Å²) >= 11 is 1.08. The van der Waals surface area contributed by atoms with Crippen molar-refractivity contribution in [1.82, 2.24) is 4.72 Å².